The van der Waals surface area contributed by atoms with Gasteiger partial charge in [0.15, 0.2) is 11.5 Å². The lowest BCUT2D eigenvalue weighted by Gasteiger charge is -2.19. The van der Waals surface area contributed by atoms with E-state index in [9.17, 15) is 14.9 Å². The molecule has 0 aromatic heterocycles. The Morgan fingerprint density at radius 1 is 1.43 bits per heavy atom. The lowest BCUT2D eigenvalue weighted by atomic mass is 10.2. The molecule has 114 valence electrons. The zero-order valence-corrected chi connectivity index (χ0v) is 12.5. The first-order chi connectivity index (χ1) is 10.0. The average molecular weight is 313 g/mol. The van der Waals surface area contributed by atoms with Gasteiger partial charge in [0.25, 0.3) is 5.69 Å². The van der Waals surface area contributed by atoms with Crippen LogP contribution >= 0.6 is 11.8 Å². The highest BCUT2D eigenvalue weighted by Gasteiger charge is 2.24. The Kier molecular flexibility index (Phi) is 4.89. The number of nitro groups is 1. The summed E-state index contributed by atoms with van der Waals surface area (Å²) in [6.07, 6.45) is 0. The molecule has 0 aliphatic carbocycles. The SMILES string of the molecule is COC(=O)C(C)CSc1cc2c(cc1[N+](=O)[O-])OCCO2. The number of carbonyl (C=O) groups excluding carboxylic acids is 1. The smallest absolute Gasteiger partial charge is 0.309 e. The van der Waals surface area contributed by atoms with Crippen LogP contribution in [0.1, 0.15) is 6.92 Å². The molecule has 1 unspecified atom stereocenters. The molecule has 0 fully saturated rings. The van der Waals surface area contributed by atoms with Crippen molar-refractivity contribution < 1.29 is 23.9 Å². The molecule has 1 atom stereocenters. The molecule has 1 aromatic carbocycles. The third kappa shape index (κ3) is 3.57. The molecular weight excluding hydrogens is 298 g/mol. The Hall–Kier alpha value is -1.96. The van der Waals surface area contributed by atoms with Gasteiger partial charge >= 0.3 is 5.97 Å². The molecule has 21 heavy (non-hydrogen) atoms. The molecule has 0 amide bonds. The van der Waals surface area contributed by atoms with Gasteiger partial charge < -0.3 is 14.2 Å². The van der Waals surface area contributed by atoms with Crippen molar-refractivity contribution >= 4 is 23.4 Å². The highest BCUT2D eigenvalue weighted by molar-refractivity contribution is 7.99. The minimum atomic E-state index is -0.469. The van der Waals surface area contributed by atoms with E-state index in [2.05, 4.69) is 4.74 Å². The molecule has 1 heterocycles. The molecule has 0 radical (unpaired) electrons. The first-order valence-corrected chi connectivity index (χ1v) is 7.30. The molecule has 2 rings (SSSR count). The number of methoxy groups -OCH3 is 1. The second-order valence-corrected chi connectivity index (χ2v) is 5.52. The van der Waals surface area contributed by atoms with Crippen LogP contribution in [0.2, 0.25) is 0 Å². The number of esters is 1. The van der Waals surface area contributed by atoms with E-state index in [1.54, 1.807) is 13.0 Å². The monoisotopic (exact) mass is 313 g/mol. The van der Waals surface area contributed by atoms with Crippen LogP contribution in [0.15, 0.2) is 17.0 Å². The van der Waals surface area contributed by atoms with Crippen molar-refractivity contribution in [3.63, 3.8) is 0 Å². The fourth-order valence-electron chi connectivity index (χ4n) is 1.80. The predicted octanol–water partition coefficient (Wildman–Crippen LogP) is 2.27. The van der Waals surface area contributed by atoms with Crippen molar-refractivity contribution in [2.24, 2.45) is 5.92 Å². The van der Waals surface area contributed by atoms with Gasteiger partial charge in [-0.2, -0.15) is 0 Å². The molecule has 1 aliphatic heterocycles. The number of rotatable bonds is 5. The number of thioether (sulfide) groups is 1. The summed E-state index contributed by atoms with van der Waals surface area (Å²) in [4.78, 5) is 22.5. The van der Waals surface area contributed by atoms with E-state index in [1.165, 1.54) is 24.9 Å². The summed E-state index contributed by atoms with van der Waals surface area (Å²) in [5, 5.41) is 11.1. The summed E-state index contributed by atoms with van der Waals surface area (Å²) in [7, 11) is 1.32. The van der Waals surface area contributed by atoms with Gasteiger partial charge in [-0.25, -0.2) is 0 Å². The number of hydrogen-bond acceptors (Lipinski definition) is 7. The zero-order valence-electron chi connectivity index (χ0n) is 11.7. The quantitative estimate of drug-likeness (QED) is 0.356. The number of benzene rings is 1. The molecule has 1 aromatic rings. The fourth-order valence-corrected chi connectivity index (χ4v) is 2.84. The van der Waals surface area contributed by atoms with E-state index < -0.39 is 4.92 Å². The molecule has 0 saturated carbocycles. The van der Waals surface area contributed by atoms with Crippen molar-refractivity contribution in [2.75, 3.05) is 26.1 Å². The molecule has 8 heteroatoms. The number of hydrogen-bond donors (Lipinski definition) is 0. The Morgan fingerprint density at radius 3 is 2.62 bits per heavy atom. The standard InChI is InChI=1S/C13H15NO6S/c1-8(13(15)18-2)7-21-12-6-11-10(19-3-4-20-11)5-9(12)14(16)17/h5-6,8H,3-4,7H2,1-2H3. The lowest BCUT2D eigenvalue weighted by molar-refractivity contribution is -0.387. The molecule has 0 spiro atoms. The Bertz CT molecular complexity index is 562. The normalized spacial score (nSPS) is 14.4. The third-order valence-corrected chi connectivity index (χ3v) is 4.22. The van der Waals surface area contributed by atoms with Gasteiger partial charge in [-0.15, -0.1) is 11.8 Å². The Labute approximate surface area is 125 Å². The number of ether oxygens (including phenoxy) is 3. The molecular formula is C13H15NO6S. The van der Waals surface area contributed by atoms with Gasteiger partial charge in [0, 0.05) is 11.8 Å². The summed E-state index contributed by atoms with van der Waals surface area (Å²) >= 11 is 1.22. The van der Waals surface area contributed by atoms with Gasteiger partial charge in [-0.05, 0) is 0 Å². The van der Waals surface area contributed by atoms with Crippen LogP contribution in [0.4, 0.5) is 5.69 Å². The van der Waals surface area contributed by atoms with Crippen molar-refractivity contribution in [1.29, 1.82) is 0 Å². The number of nitrogens with zero attached hydrogens (tertiary/aromatic N) is 1. The van der Waals surface area contributed by atoms with Gasteiger partial charge in [0.2, 0.25) is 0 Å². The highest BCUT2D eigenvalue weighted by atomic mass is 32.2. The van der Waals surface area contributed by atoms with Gasteiger partial charge in [-0.3, -0.25) is 14.9 Å². The van der Waals surface area contributed by atoms with E-state index in [0.29, 0.717) is 35.4 Å². The van der Waals surface area contributed by atoms with Crippen molar-refractivity contribution in [2.45, 2.75) is 11.8 Å². The lowest BCUT2D eigenvalue weighted by Crippen LogP contribution is -2.16. The maximum atomic E-state index is 11.4. The summed E-state index contributed by atoms with van der Waals surface area (Å²) in [6, 6.07) is 2.95. The van der Waals surface area contributed by atoms with E-state index in [0.717, 1.165) is 0 Å². The second-order valence-electron chi connectivity index (χ2n) is 4.46. The topological polar surface area (TPSA) is 87.9 Å². The molecule has 7 nitrogen and oxygen atoms in total. The minimum Gasteiger partial charge on any atom is -0.486 e. The largest absolute Gasteiger partial charge is 0.486 e. The Morgan fingerprint density at radius 2 is 2.05 bits per heavy atom. The minimum absolute atomic E-state index is 0.0543. The molecule has 1 aliphatic rings. The van der Waals surface area contributed by atoms with Crippen molar-refractivity contribution in [1.82, 2.24) is 0 Å². The van der Waals surface area contributed by atoms with Crippen LogP contribution in [0, 0.1) is 16.0 Å². The molecule has 0 saturated heterocycles. The first-order valence-electron chi connectivity index (χ1n) is 6.31. The number of carbonyl (C=O) groups is 1. The highest BCUT2D eigenvalue weighted by Crippen LogP contribution is 2.41. The first kappa shape index (κ1) is 15.4. The van der Waals surface area contributed by atoms with Gasteiger partial charge in [-0.1, -0.05) is 6.92 Å². The van der Waals surface area contributed by atoms with Crippen LogP contribution in [-0.2, 0) is 9.53 Å². The number of fused-ring (bicyclic) bond motifs is 1. The summed E-state index contributed by atoms with van der Waals surface area (Å²) in [5.74, 6) is 0.543. The fraction of sp³-hybridized carbons (Fsp3) is 0.462. The van der Waals surface area contributed by atoms with Crippen LogP contribution in [0.25, 0.3) is 0 Å². The Balaban J connectivity index is 2.21. The van der Waals surface area contributed by atoms with E-state index in [-0.39, 0.29) is 17.6 Å². The predicted molar refractivity (Wildman–Crippen MR) is 76.0 cm³/mol. The maximum absolute atomic E-state index is 11.4. The summed E-state index contributed by atoms with van der Waals surface area (Å²) in [5.41, 5.74) is -0.0543. The second kappa shape index (κ2) is 6.66. The van der Waals surface area contributed by atoms with Crippen LogP contribution in [0.5, 0.6) is 11.5 Å². The van der Waals surface area contributed by atoms with Crippen molar-refractivity contribution in [3.8, 4) is 11.5 Å². The maximum Gasteiger partial charge on any atom is 0.309 e. The van der Waals surface area contributed by atoms with Crippen LogP contribution < -0.4 is 9.47 Å². The van der Waals surface area contributed by atoms with Gasteiger partial charge in [0.05, 0.1) is 28.9 Å². The zero-order chi connectivity index (χ0) is 15.4. The van der Waals surface area contributed by atoms with E-state index in [4.69, 9.17) is 9.47 Å². The van der Waals surface area contributed by atoms with E-state index in [1.807, 2.05) is 0 Å². The summed E-state index contributed by atoms with van der Waals surface area (Å²) in [6.45, 7) is 2.49. The third-order valence-electron chi connectivity index (χ3n) is 2.91. The average Bonchev–Trinajstić information content (AvgIpc) is 2.50. The molecule has 0 bridgehead atoms. The van der Waals surface area contributed by atoms with E-state index >= 15 is 0 Å². The van der Waals surface area contributed by atoms with Crippen LogP contribution in [-0.4, -0.2) is 37.0 Å². The van der Waals surface area contributed by atoms with Crippen LogP contribution in [0.3, 0.4) is 0 Å². The number of nitro benzene ring substituents is 1. The summed E-state index contributed by atoms with van der Waals surface area (Å²) < 4.78 is 15.4. The van der Waals surface area contributed by atoms with Gasteiger partial charge in [0.1, 0.15) is 13.2 Å². The molecule has 0 N–H and O–H groups in total. The van der Waals surface area contributed by atoms with Crippen molar-refractivity contribution in [3.05, 3.63) is 22.2 Å².